The van der Waals surface area contributed by atoms with Crippen molar-refractivity contribution in [3.8, 4) is 11.5 Å². The van der Waals surface area contributed by atoms with Crippen LogP contribution in [-0.2, 0) is 11.3 Å². The van der Waals surface area contributed by atoms with E-state index in [1.165, 1.54) is 14.2 Å². The van der Waals surface area contributed by atoms with Gasteiger partial charge in [0.1, 0.15) is 23.7 Å². The molecule has 2 aromatic rings. The summed E-state index contributed by atoms with van der Waals surface area (Å²) in [5.41, 5.74) is 1.08. The largest absolute Gasteiger partial charge is 0.496 e. The molecule has 0 unspecified atom stereocenters. The van der Waals surface area contributed by atoms with Crippen LogP contribution in [0.4, 0.5) is 0 Å². The van der Waals surface area contributed by atoms with Gasteiger partial charge in [0.25, 0.3) is 0 Å². The molecule has 0 atom stereocenters. The lowest BCUT2D eigenvalue weighted by molar-refractivity contribution is 0.0465. The first-order valence-electron chi connectivity index (χ1n) is 6.28. The number of ether oxygens (including phenoxy) is 3. The zero-order valence-corrected chi connectivity index (χ0v) is 12.5. The predicted molar refractivity (Wildman–Crippen MR) is 80.1 cm³/mol. The molecule has 0 bridgehead atoms. The number of rotatable bonds is 5. The Morgan fingerprint density at radius 1 is 1.05 bits per heavy atom. The lowest BCUT2D eigenvalue weighted by Gasteiger charge is -2.12. The number of benzene rings is 2. The molecule has 0 saturated heterocycles. The molecule has 0 aliphatic carbocycles. The first kappa shape index (κ1) is 15.2. The predicted octanol–water partition coefficient (Wildman–Crippen LogP) is 3.71. The van der Waals surface area contributed by atoms with Crippen molar-refractivity contribution >= 4 is 17.6 Å². The van der Waals surface area contributed by atoms with Crippen molar-refractivity contribution in [3.05, 3.63) is 58.6 Å². The summed E-state index contributed by atoms with van der Waals surface area (Å²) in [6.45, 7) is 0.126. The third-order valence-electron chi connectivity index (χ3n) is 2.89. The molecule has 0 radical (unpaired) electrons. The van der Waals surface area contributed by atoms with Crippen LogP contribution in [-0.4, -0.2) is 20.2 Å². The van der Waals surface area contributed by atoms with E-state index >= 15 is 0 Å². The minimum atomic E-state index is -0.510. The minimum absolute atomic E-state index is 0.126. The van der Waals surface area contributed by atoms with Gasteiger partial charge in [0.05, 0.1) is 14.2 Å². The minimum Gasteiger partial charge on any atom is -0.496 e. The Hall–Kier alpha value is -2.20. The number of carbonyl (C=O) groups is 1. The third-order valence-corrected chi connectivity index (χ3v) is 3.13. The van der Waals surface area contributed by atoms with Gasteiger partial charge in [0.15, 0.2) is 0 Å². The van der Waals surface area contributed by atoms with Crippen LogP contribution in [0.3, 0.4) is 0 Å². The second-order valence-electron chi connectivity index (χ2n) is 4.24. The first-order valence-corrected chi connectivity index (χ1v) is 6.66. The van der Waals surface area contributed by atoms with E-state index in [9.17, 15) is 4.79 Å². The molecule has 2 rings (SSSR count). The van der Waals surface area contributed by atoms with Gasteiger partial charge in [0.2, 0.25) is 0 Å². The smallest absolute Gasteiger partial charge is 0.346 e. The van der Waals surface area contributed by atoms with Gasteiger partial charge in [-0.25, -0.2) is 4.79 Å². The van der Waals surface area contributed by atoms with Crippen LogP contribution in [0.25, 0.3) is 0 Å². The van der Waals surface area contributed by atoms with Gasteiger partial charge in [-0.15, -0.1) is 0 Å². The number of esters is 1. The fourth-order valence-electron chi connectivity index (χ4n) is 1.90. The van der Waals surface area contributed by atoms with Crippen molar-refractivity contribution in [2.75, 3.05) is 14.2 Å². The Kier molecular flexibility index (Phi) is 5.06. The van der Waals surface area contributed by atoms with Crippen LogP contribution in [0, 0.1) is 0 Å². The molecule has 0 aliphatic heterocycles. The van der Waals surface area contributed by atoms with Crippen LogP contribution >= 0.6 is 11.6 Å². The molecule has 0 fully saturated rings. The summed E-state index contributed by atoms with van der Waals surface area (Å²) in [6, 6.07) is 12.2. The van der Waals surface area contributed by atoms with Crippen molar-refractivity contribution in [2.45, 2.75) is 6.61 Å². The highest BCUT2D eigenvalue weighted by Gasteiger charge is 2.19. The molecule has 0 N–H and O–H groups in total. The van der Waals surface area contributed by atoms with E-state index in [-0.39, 0.29) is 12.2 Å². The summed E-state index contributed by atoms with van der Waals surface area (Å²) < 4.78 is 15.7. The maximum absolute atomic E-state index is 12.2. The van der Waals surface area contributed by atoms with Gasteiger partial charge in [0, 0.05) is 5.02 Å². The number of hydrogen-bond acceptors (Lipinski definition) is 4. The highest BCUT2D eigenvalue weighted by atomic mass is 35.5. The molecule has 0 spiro atoms. The molecule has 21 heavy (non-hydrogen) atoms. The SMILES string of the molecule is COc1cccc(OC)c1C(=O)OCc1cccc(Cl)c1. The second kappa shape index (κ2) is 6.99. The van der Waals surface area contributed by atoms with Crippen molar-refractivity contribution in [1.82, 2.24) is 0 Å². The highest BCUT2D eigenvalue weighted by Crippen LogP contribution is 2.29. The normalized spacial score (nSPS) is 10.0. The van der Waals surface area contributed by atoms with Crippen molar-refractivity contribution in [3.63, 3.8) is 0 Å². The lowest BCUT2D eigenvalue weighted by Crippen LogP contribution is -2.09. The fraction of sp³-hybridized carbons (Fsp3) is 0.188. The van der Waals surface area contributed by atoms with E-state index in [1.54, 1.807) is 36.4 Å². The van der Waals surface area contributed by atoms with Crippen molar-refractivity contribution in [2.24, 2.45) is 0 Å². The Morgan fingerprint density at radius 3 is 2.24 bits per heavy atom. The standard InChI is InChI=1S/C16H15ClO4/c1-19-13-7-4-8-14(20-2)15(13)16(18)21-10-11-5-3-6-12(17)9-11/h3-9H,10H2,1-2H3. The van der Waals surface area contributed by atoms with Gasteiger partial charge in [-0.2, -0.15) is 0 Å². The van der Waals surface area contributed by atoms with E-state index in [4.69, 9.17) is 25.8 Å². The highest BCUT2D eigenvalue weighted by molar-refractivity contribution is 6.30. The summed E-state index contributed by atoms with van der Waals surface area (Å²) in [4.78, 5) is 12.2. The van der Waals surface area contributed by atoms with E-state index in [2.05, 4.69) is 0 Å². The lowest BCUT2D eigenvalue weighted by atomic mass is 10.1. The molecule has 0 amide bonds. The number of halogens is 1. The molecule has 0 aromatic heterocycles. The van der Waals surface area contributed by atoms with E-state index in [0.29, 0.717) is 16.5 Å². The van der Waals surface area contributed by atoms with E-state index < -0.39 is 5.97 Å². The van der Waals surface area contributed by atoms with Gasteiger partial charge in [-0.05, 0) is 29.8 Å². The molecular weight excluding hydrogens is 292 g/mol. The van der Waals surface area contributed by atoms with Crippen LogP contribution in [0.1, 0.15) is 15.9 Å². The average molecular weight is 307 g/mol. The summed E-state index contributed by atoms with van der Waals surface area (Å²) in [5.74, 6) is 0.306. The quantitative estimate of drug-likeness (QED) is 0.790. The van der Waals surface area contributed by atoms with E-state index in [1.807, 2.05) is 6.07 Å². The maximum Gasteiger partial charge on any atom is 0.346 e. The molecule has 2 aromatic carbocycles. The van der Waals surface area contributed by atoms with Crippen molar-refractivity contribution in [1.29, 1.82) is 0 Å². The number of hydrogen-bond donors (Lipinski definition) is 0. The monoisotopic (exact) mass is 306 g/mol. The molecule has 0 saturated carbocycles. The Morgan fingerprint density at radius 2 is 1.67 bits per heavy atom. The molecule has 5 heteroatoms. The maximum atomic E-state index is 12.2. The molecule has 4 nitrogen and oxygen atoms in total. The van der Waals surface area contributed by atoms with Gasteiger partial charge in [-0.1, -0.05) is 29.8 Å². The zero-order chi connectivity index (χ0) is 15.2. The van der Waals surface area contributed by atoms with Crippen LogP contribution in [0.5, 0.6) is 11.5 Å². The number of methoxy groups -OCH3 is 2. The second-order valence-corrected chi connectivity index (χ2v) is 4.68. The Balaban J connectivity index is 2.17. The van der Waals surface area contributed by atoms with Crippen LogP contribution in [0.15, 0.2) is 42.5 Å². The molecular formula is C16H15ClO4. The molecule has 0 heterocycles. The van der Waals surface area contributed by atoms with Crippen LogP contribution in [0.2, 0.25) is 5.02 Å². The summed E-state index contributed by atoms with van der Waals surface area (Å²) in [5, 5.41) is 0.596. The van der Waals surface area contributed by atoms with Crippen molar-refractivity contribution < 1.29 is 19.0 Å². The van der Waals surface area contributed by atoms with E-state index in [0.717, 1.165) is 5.56 Å². The Bertz CT molecular complexity index is 618. The third kappa shape index (κ3) is 3.67. The summed E-state index contributed by atoms with van der Waals surface area (Å²) in [6.07, 6.45) is 0. The Labute approximate surface area is 128 Å². The van der Waals surface area contributed by atoms with Gasteiger partial charge >= 0.3 is 5.97 Å². The summed E-state index contributed by atoms with van der Waals surface area (Å²) in [7, 11) is 2.98. The number of carbonyl (C=O) groups excluding carboxylic acids is 1. The molecule has 110 valence electrons. The molecule has 0 aliphatic rings. The fourth-order valence-corrected chi connectivity index (χ4v) is 2.11. The van der Waals surface area contributed by atoms with Crippen LogP contribution < -0.4 is 9.47 Å². The topological polar surface area (TPSA) is 44.8 Å². The van der Waals surface area contributed by atoms with Gasteiger partial charge < -0.3 is 14.2 Å². The zero-order valence-electron chi connectivity index (χ0n) is 11.8. The van der Waals surface area contributed by atoms with Gasteiger partial charge in [-0.3, -0.25) is 0 Å². The average Bonchev–Trinajstić information content (AvgIpc) is 2.51. The summed E-state index contributed by atoms with van der Waals surface area (Å²) >= 11 is 5.89. The first-order chi connectivity index (χ1) is 10.2.